The van der Waals surface area contributed by atoms with Gasteiger partial charge in [0.1, 0.15) is 0 Å². The van der Waals surface area contributed by atoms with E-state index in [9.17, 15) is 13.6 Å². The third-order valence-corrected chi connectivity index (χ3v) is 4.57. The molecule has 1 amide bonds. The second-order valence-electron chi connectivity index (χ2n) is 6.17. The van der Waals surface area contributed by atoms with Crippen molar-refractivity contribution in [3.05, 3.63) is 29.8 Å². The van der Waals surface area contributed by atoms with Crippen LogP contribution in [0.1, 0.15) is 26.2 Å². The average molecular weight is 362 g/mol. The Morgan fingerprint density at radius 3 is 2.54 bits per heavy atom. The fourth-order valence-corrected chi connectivity index (χ4v) is 2.96. The summed E-state index contributed by atoms with van der Waals surface area (Å²) in [6, 6.07) is 3.10. The molecule has 0 bridgehead atoms. The number of anilines is 1. The highest BCUT2D eigenvalue weighted by atomic mass is 35.5. The lowest BCUT2D eigenvalue weighted by Gasteiger charge is -2.35. The third kappa shape index (κ3) is 5.69. The molecule has 7 heteroatoms. The van der Waals surface area contributed by atoms with Gasteiger partial charge in [-0.05, 0) is 70.9 Å². The monoisotopic (exact) mass is 361 g/mol. The molecule has 24 heavy (non-hydrogen) atoms. The van der Waals surface area contributed by atoms with E-state index in [1.54, 1.807) is 0 Å². The van der Waals surface area contributed by atoms with Gasteiger partial charge in [0, 0.05) is 11.8 Å². The summed E-state index contributed by atoms with van der Waals surface area (Å²) in [5, 5.41) is 5.82. The fraction of sp³-hybridized carbons (Fsp3) is 0.588. The van der Waals surface area contributed by atoms with Crippen LogP contribution in [0.25, 0.3) is 0 Å². The van der Waals surface area contributed by atoms with E-state index in [1.807, 2.05) is 14.0 Å². The minimum Gasteiger partial charge on any atom is -0.325 e. The van der Waals surface area contributed by atoms with Crippen molar-refractivity contribution in [1.82, 2.24) is 10.2 Å². The van der Waals surface area contributed by atoms with Crippen molar-refractivity contribution >= 4 is 24.0 Å². The molecule has 2 rings (SSSR count). The number of benzene rings is 1. The SMILES string of the molecule is CNCCC1CCN(C(C)C(=O)Nc2ccc(F)c(F)c2)CC1.Cl. The number of carbonyl (C=O) groups is 1. The topological polar surface area (TPSA) is 44.4 Å². The van der Waals surface area contributed by atoms with Gasteiger partial charge in [-0.3, -0.25) is 9.69 Å². The average Bonchev–Trinajstić information content (AvgIpc) is 2.56. The van der Waals surface area contributed by atoms with Gasteiger partial charge in [0.15, 0.2) is 11.6 Å². The van der Waals surface area contributed by atoms with E-state index in [4.69, 9.17) is 0 Å². The highest BCUT2D eigenvalue weighted by molar-refractivity contribution is 5.94. The van der Waals surface area contributed by atoms with Crippen LogP contribution in [-0.2, 0) is 4.79 Å². The van der Waals surface area contributed by atoms with Gasteiger partial charge in [0.25, 0.3) is 0 Å². The molecular weight excluding hydrogens is 336 g/mol. The summed E-state index contributed by atoms with van der Waals surface area (Å²) >= 11 is 0. The summed E-state index contributed by atoms with van der Waals surface area (Å²) in [6.45, 7) is 4.65. The molecular formula is C17H26ClF2N3O. The minimum absolute atomic E-state index is 0. The normalized spacial score (nSPS) is 17.2. The zero-order chi connectivity index (χ0) is 16.8. The van der Waals surface area contributed by atoms with Crippen LogP contribution in [0.2, 0.25) is 0 Å². The number of nitrogens with zero attached hydrogens (tertiary/aromatic N) is 1. The van der Waals surface area contributed by atoms with Crippen LogP contribution in [0.15, 0.2) is 18.2 Å². The Balaban J connectivity index is 0.00000288. The van der Waals surface area contributed by atoms with E-state index < -0.39 is 11.6 Å². The molecule has 1 atom stereocenters. The first-order valence-electron chi connectivity index (χ1n) is 8.16. The summed E-state index contributed by atoms with van der Waals surface area (Å²) in [7, 11) is 1.96. The first kappa shape index (κ1) is 20.8. The lowest BCUT2D eigenvalue weighted by molar-refractivity contribution is -0.121. The van der Waals surface area contributed by atoms with Gasteiger partial charge in [-0.25, -0.2) is 8.78 Å². The van der Waals surface area contributed by atoms with E-state index >= 15 is 0 Å². The van der Waals surface area contributed by atoms with Gasteiger partial charge >= 0.3 is 0 Å². The second-order valence-corrected chi connectivity index (χ2v) is 6.17. The zero-order valence-corrected chi connectivity index (χ0v) is 15.0. The summed E-state index contributed by atoms with van der Waals surface area (Å²) in [5.41, 5.74) is 0.282. The number of hydrogen-bond acceptors (Lipinski definition) is 3. The van der Waals surface area contributed by atoms with Crippen LogP contribution in [0.3, 0.4) is 0 Å². The van der Waals surface area contributed by atoms with Crippen molar-refractivity contribution in [2.75, 3.05) is 32.0 Å². The summed E-state index contributed by atoms with van der Waals surface area (Å²) in [5.74, 6) is -1.36. The maximum Gasteiger partial charge on any atom is 0.241 e. The molecule has 0 radical (unpaired) electrons. The predicted molar refractivity (Wildman–Crippen MR) is 94.5 cm³/mol. The summed E-state index contributed by atoms with van der Waals surface area (Å²) < 4.78 is 26.1. The van der Waals surface area contributed by atoms with Gasteiger partial charge in [-0.1, -0.05) is 0 Å². The number of nitrogens with one attached hydrogen (secondary N) is 2. The van der Waals surface area contributed by atoms with Gasteiger partial charge in [0.05, 0.1) is 6.04 Å². The van der Waals surface area contributed by atoms with Crippen molar-refractivity contribution in [3.8, 4) is 0 Å². The van der Waals surface area contributed by atoms with Gasteiger partial charge in [-0.15, -0.1) is 12.4 Å². The van der Waals surface area contributed by atoms with Crippen molar-refractivity contribution < 1.29 is 13.6 Å². The molecule has 4 nitrogen and oxygen atoms in total. The lowest BCUT2D eigenvalue weighted by atomic mass is 9.93. The Hall–Kier alpha value is -1.24. The van der Waals surface area contributed by atoms with Crippen LogP contribution in [0.5, 0.6) is 0 Å². The maximum atomic E-state index is 13.2. The molecule has 1 aromatic carbocycles. The predicted octanol–water partition coefficient (Wildman–Crippen LogP) is 3.04. The number of halogens is 3. The molecule has 1 unspecified atom stereocenters. The number of carbonyl (C=O) groups excluding carboxylic acids is 1. The van der Waals surface area contributed by atoms with E-state index in [0.29, 0.717) is 5.92 Å². The van der Waals surface area contributed by atoms with Crippen LogP contribution in [-0.4, -0.2) is 43.5 Å². The standard InChI is InChI=1S/C17H25F2N3O.ClH/c1-12(22-9-6-13(7-10-22)5-8-20-2)17(23)21-14-3-4-15(18)16(19)11-14;/h3-4,11-13,20H,5-10H2,1-2H3,(H,21,23);1H. The number of rotatable bonds is 6. The first-order valence-corrected chi connectivity index (χ1v) is 8.16. The Morgan fingerprint density at radius 2 is 1.96 bits per heavy atom. The van der Waals surface area contributed by atoms with Gasteiger partial charge in [0.2, 0.25) is 5.91 Å². The largest absolute Gasteiger partial charge is 0.325 e. The number of amides is 1. The Morgan fingerprint density at radius 1 is 1.29 bits per heavy atom. The molecule has 2 N–H and O–H groups in total. The molecule has 1 fully saturated rings. The molecule has 1 aliphatic rings. The van der Waals surface area contributed by atoms with Crippen molar-refractivity contribution in [2.45, 2.75) is 32.2 Å². The van der Waals surface area contributed by atoms with E-state index in [0.717, 1.165) is 44.6 Å². The molecule has 1 saturated heterocycles. The molecule has 0 spiro atoms. The molecule has 1 aliphatic heterocycles. The van der Waals surface area contributed by atoms with Crippen molar-refractivity contribution in [2.24, 2.45) is 5.92 Å². The minimum atomic E-state index is -0.958. The Labute approximate surface area is 148 Å². The van der Waals surface area contributed by atoms with E-state index in [2.05, 4.69) is 15.5 Å². The zero-order valence-electron chi connectivity index (χ0n) is 14.1. The molecule has 1 aromatic rings. The van der Waals surface area contributed by atoms with E-state index in [-0.39, 0.29) is 30.0 Å². The first-order chi connectivity index (χ1) is 11.0. The number of hydrogen-bond donors (Lipinski definition) is 2. The molecule has 136 valence electrons. The fourth-order valence-electron chi connectivity index (χ4n) is 2.96. The highest BCUT2D eigenvalue weighted by Crippen LogP contribution is 2.22. The third-order valence-electron chi connectivity index (χ3n) is 4.57. The quantitative estimate of drug-likeness (QED) is 0.818. The Bertz CT molecular complexity index is 537. The molecule has 1 heterocycles. The maximum absolute atomic E-state index is 13.2. The van der Waals surface area contributed by atoms with Crippen LogP contribution >= 0.6 is 12.4 Å². The summed E-state index contributed by atoms with van der Waals surface area (Å²) in [4.78, 5) is 14.4. The summed E-state index contributed by atoms with van der Waals surface area (Å²) in [6.07, 6.45) is 3.34. The second kappa shape index (κ2) is 9.91. The van der Waals surface area contributed by atoms with Gasteiger partial charge in [-0.2, -0.15) is 0 Å². The smallest absolute Gasteiger partial charge is 0.241 e. The van der Waals surface area contributed by atoms with Gasteiger partial charge < -0.3 is 10.6 Å². The highest BCUT2D eigenvalue weighted by Gasteiger charge is 2.26. The van der Waals surface area contributed by atoms with Crippen molar-refractivity contribution in [3.63, 3.8) is 0 Å². The molecule has 0 aromatic heterocycles. The van der Waals surface area contributed by atoms with E-state index in [1.165, 1.54) is 12.5 Å². The number of likely N-dealkylation sites (tertiary alicyclic amines) is 1. The van der Waals surface area contributed by atoms with Crippen LogP contribution in [0.4, 0.5) is 14.5 Å². The lowest BCUT2D eigenvalue weighted by Crippen LogP contribution is -2.46. The number of piperidine rings is 1. The van der Waals surface area contributed by atoms with Crippen LogP contribution in [0, 0.1) is 17.6 Å². The van der Waals surface area contributed by atoms with Crippen molar-refractivity contribution in [1.29, 1.82) is 0 Å². The molecule has 0 saturated carbocycles. The van der Waals surface area contributed by atoms with Crippen LogP contribution < -0.4 is 10.6 Å². The Kier molecular flexibility index (Phi) is 8.59. The molecule has 0 aliphatic carbocycles.